The molecule has 0 aliphatic rings. The molecule has 0 aliphatic heterocycles. The molecule has 1 heterocycles. The molecule has 2 amide bonds. The van der Waals surface area contributed by atoms with Crippen LogP contribution in [0.2, 0.25) is 0 Å². The summed E-state index contributed by atoms with van der Waals surface area (Å²) in [6, 6.07) is 11.4. The summed E-state index contributed by atoms with van der Waals surface area (Å²) in [6.07, 6.45) is 2.74. The molecule has 0 saturated heterocycles. The molecule has 6 heteroatoms. The second kappa shape index (κ2) is 9.42. The van der Waals surface area contributed by atoms with Gasteiger partial charge in [-0.3, -0.25) is 9.59 Å². The molecule has 0 bridgehead atoms. The molecule has 1 N–H and O–H groups in total. The standard InChI is InChI=1S/C19H23N3O3/c1-3-12-22(18(23)11-10-15-8-6-5-7-9-15)14-16-13-17(21-25-16)19(24)20-4-2/h3,5-9,13H,1,4,10-12,14H2,2H3,(H,20,24). The van der Waals surface area contributed by atoms with Crippen LogP contribution in [0.4, 0.5) is 0 Å². The van der Waals surface area contributed by atoms with Crippen molar-refractivity contribution in [3.05, 3.63) is 66.1 Å². The number of rotatable bonds is 9. The van der Waals surface area contributed by atoms with E-state index in [1.165, 1.54) is 0 Å². The Morgan fingerprint density at radius 2 is 2.08 bits per heavy atom. The van der Waals surface area contributed by atoms with Gasteiger partial charge in [0.1, 0.15) is 0 Å². The molecule has 2 aromatic rings. The minimum Gasteiger partial charge on any atom is -0.359 e. The van der Waals surface area contributed by atoms with Crippen LogP contribution in [-0.2, 0) is 17.8 Å². The van der Waals surface area contributed by atoms with Gasteiger partial charge < -0.3 is 14.7 Å². The van der Waals surface area contributed by atoms with Crippen molar-refractivity contribution in [3.63, 3.8) is 0 Å². The first-order valence-electron chi connectivity index (χ1n) is 8.30. The van der Waals surface area contributed by atoms with E-state index in [0.29, 0.717) is 31.7 Å². The van der Waals surface area contributed by atoms with E-state index < -0.39 is 0 Å². The zero-order valence-corrected chi connectivity index (χ0v) is 14.4. The number of hydrogen-bond acceptors (Lipinski definition) is 4. The first-order chi connectivity index (χ1) is 12.1. The Kier molecular flexibility index (Phi) is 6.95. The quantitative estimate of drug-likeness (QED) is 0.711. The van der Waals surface area contributed by atoms with Crippen LogP contribution in [0.5, 0.6) is 0 Å². The highest BCUT2D eigenvalue weighted by molar-refractivity contribution is 5.92. The summed E-state index contributed by atoms with van der Waals surface area (Å²) >= 11 is 0. The van der Waals surface area contributed by atoms with E-state index in [0.717, 1.165) is 5.56 Å². The third-order valence-electron chi connectivity index (χ3n) is 3.65. The molecule has 1 aromatic carbocycles. The lowest BCUT2D eigenvalue weighted by Gasteiger charge is -2.19. The van der Waals surface area contributed by atoms with Crippen LogP contribution in [0.1, 0.15) is 35.2 Å². The van der Waals surface area contributed by atoms with Gasteiger partial charge in [0.2, 0.25) is 5.91 Å². The van der Waals surface area contributed by atoms with E-state index >= 15 is 0 Å². The van der Waals surface area contributed by atoms with Crippen LogP contribution in [0.25, 0.3) is 0 Å². The molecule has 2 rings (SSSR count). The van der Waals surface area contributed by atoms with E-state index in [9.17, 15) is 9.59 Å². The minimum atomic E-state index is -0.289. The van der Waals surface area contributed by atoms with Crippen LogP contribution in [0.15, 0.2) is 53.6 Å². The molecule has 0 unspecified atom stereocenters. The molecule has 0 spiro atoms. The van der Waals surface area contributed by atoms with E-state index in [2.05, 4.69) is 17.1 Å². The van der Waals surface area contributed by atoms with E-state index in [1.54, 1.807) is 17.0 Å². The summed E-state index contributed by atoms with van der Waals surface area (Å²) in [5.41, 5.74) is 1.33. The van der Waals surface area contributed by atoms with Gasteiger partial charge in [0.05, 0.1) is 6.54 Å². The lowest BCUT2D eigenvalue weighted by atomic mass is 10.1. The van der Waals surface area contributed by atoms with Crippen LogP contribution < -0.4 is 5.32 Å². The number of carbonyl (C=O) groups is 2. The normalized spacial score (nSPS) is 10.3. The number of carbonyl (C=O) groups excluding carboxylic acids is 2. The molecular weight excluding hydrogens is 318 g/mol. The average molecular weight is 341 g/mol. The van der Waals surface area contributed by atoms with Crippen molar-refractivity contribution in [1.82, 2.24) is 15.4 Å². The van der Waals surface area contributed by atoms with Gasteiger partial charge in [-0.15, -0.1) is 6.58 Å². The lowest BCUT2D eigenvalue weighted by Crippen LogP contribution is -2.30. The first kappa shape index (κ1) is 18.4. The highest BCUT2D eigenvalue weighted by atomic mass is 16.5. The Hall–Kier alpha value is -2.89. The summed E-state index contributed by atoms with van der Waals surface area (Å²) in [5.74, 6) is 0.180. The fourth-order valence-electron chi connectivity index (χ4n) is 2.40. The lowest BCUT2D eigenvalue weighted by molar-refractivity contribution is -0.131. The average Bonchev–Trinajstić information content (AvgIpc) is 3.09. The van der Waals surface area contributed by atoms with Crippen molar-refractivity contribution in [1.29, 1.82) is 0 Å². The second-order valence-corrected chi connectivity index (χ2v) is 5.59. The van der Waals surface area contributed by atoms with Crippen molar-refractivity contribution in [2.75, 3.05) is 13.1 Å². The van der Waals surface area contributed by atoms with E-state index in [4.69, 9.17) is 4.52 Å². The number of aromatic nitrogens is 1. The molecule has 0 radical (unpaired) electrons. The topological polar surface area (TPSA) is 75.4 Å². The Balaban J connectivity index is 1.96. The maximum Gasteiger partial charge on any atom is 0.273 e. The Morgan fingerprint density at radius 3 is 2.76 bits per heavy atom. The van der Waals surface area contributed by atoms with Crippen molar-refractivity contribution < 1.29 is 14.1 Å². The third-order valence-corrected chi connectivity index (χ3v) is 3.65. The third kappa shape index (κ3) is 5.60. The molecule has 6 nitrogen and oxygen atoms in total. The molecule has 0 aliphatic carbocycles. The van der Waals surface area contributed by atoms with Crippen LogP contribution in [0.3, 0.4) is 0 Å². The fraction of sp³-hybridized carbons (Fsp3) is 0.316. The summed E-state index contributed by atoms with van der Waals surface area (Å²) in [6.45, 7) is 6.70. The predicted octanol–water partition coefficient (Wildman–Crippen LogP) is 2.57. The van der Waals surface area contributed by atoms with Gasteiger partial charge in [-0.1, -0.05) is 41.6 Å². The van der Waals surface area contributed by atoms with Gasteiger partial charge in [-0.05, 0) is 18.9 Å². The number of hydrogen-bond donors (Lipinski definition) is 1. The van der Waals surface area contributed by atoms with Gasteiger partial charge in [-0.25, -0.2) is 0 Å². The largest absolute Gasteiger partial charge is 0.359 e. The van der Waals surface area contributed by atoms with Crippen molar-refractivity contribution in [3.8, 4) is 0 Å². The smallest absolute Gasteiger partial charge is 0.273 e. The zero-order chi connectivity index (χ0) is 18.1. The van der Waals surface area contributed by atoms with Gasteiger partial charge in [-0.2, -0.15) is 0 Å². The Morgan fingerprint density at radius 1 is 1.32 bits per heavy atom. The number of benzene rings is 1. The molecule has 0 saturated carbocycles. The highest BCUT2D eigenvalue weighted by Gasteiger charge is 2.17. The maximum atomic E-state index is 12.5. The van der Waals surface area contributed by atoms with Crippen LogP contribution in [-0.4, -0.2) is 35.0 Å². The van der Waals surface area contributed by atoms with Gasteiger partial charge in [0.25, 0.3) is 5.91 Å². The van der Waals surface area contributed by atoms with Gasteiger partial charge in [0, 0.05) is 25.6 Å². The SMILES string of the molecule is C=CCN(Cc1cc(C(=O)NCC)no1)C(=O)CCc1ccccc1. The second-order valence-electron chi connectivity index (χ2n) is 5.59. The van der Waals surface area contributed by atoms with E-state index in [1.807, 2.05) is 37.3 Å². The summed E-state index contributed by atoms with van der Waals surface area (Å²) in [5, 5.41) is 6.41. The summed E-state index contributed by atoms with van der Waals surface area (Å²) < 4.78 is 5.18. The van der Waals surface area contributed by atoms with Crippen molar-refractivity contribution in [2.24, 2.45) is 0 Å². The first-order valence-corrected chi connectivity index (χ1v) is 8.30. The number of amides is 2. The Bertz CT molecular complexity index is 710. The maximum absolute atomic E-state index is 12.5. The monoisotopic (exact) mass is 341 g/mol. The van der Waals surface area contributed by atoms with Crippen molar-refractivity contribution >= 4 is 11.8 Å². The molecule has 1 aromatic heterocycles. The predicted molar refractivity (Wildman–Crippen MR) is 94.9 cm³/mol. The molecular formula is C19H23N3O3. The fourth-order valence-corrected chi connectivity index (χ4v) is 2.40. The number of aryl methyl sites for hydroxylation is 1. The molecule has 0 atom stereocenters. The van der Waals surface area contributed by atoms with Gasteiger partial charge >= 0.3 is 0 Å². The number of nitrogens with one attached hydrogen (secondary N) is 1. The van der Waals surface area contributed by atoms with Crippen LogP contribution >= 0.6 is 0 Å². The summed E-state index contributed by atoms with van der Waals surface area (Å²) in [4.78, 5) is 25.9. The van der Waals surface area contributed by atoms with Gasteiger partial charge in [0.15, 0.2) is 11.5 Å². The van der Waals surface area contributed by atoms with E-state index in [-0.39, 0.29) is 24.1 Å². The zero-order valence-electron chi connectivity index (χ0n) is 14.4. The highest BCUT2D eigenvalue weighted by Crippen LogP contribution is 2.11. The molecule has 132 valence electrons. The Labute approximate surface area is 147 Å². The number of nitrogens with zero attached hydrogens (tertiary/aromatic N) is 2. The summed E-state index contributed by atoms with van der Waals surface area (Å²) in [7, 11) is 0. The van der Waals surface area contributed by atoms with Crippen LogP contribution in [0, 0.1) is 0 Å². The minimum absolute atomic E-state index is 0.000266. The molecule has 25 heavy (non-hydrogen) atoms. The molecule has 0 fully saturated rings. The van der Waals surface area contributed by atoms with Crippen molar-refractivity contribution in [2.45, 2.75) is 26.3 Å².